The molecule has 2 unspecified atom stereocenters. The average Bonchev–Trinajstić information content (AvgIpc) is 2.98. The number of aromatic nitrogens is 2. The third kappa shape index (κ3) is 3.99. The molecule has 0 saturated carbocycles. The molecule has 3 rings (SSSR count). The van der Waals surface area contributed by atoms with Gasteiger partial charge in [-0.25, -0.2) is 0 Å². The molecule has 0 radical (unpaired) electrons. The summed E-state index contributed by atoms with van der Waals surface area (Å²) in [5.41, 5.74) is 3.60. The van der Waals surface area contributed by atoms with Crippen LogP contribution in [-0.2, 0) is 19.4 Å². The standard InChI is InChI=1S/C18H25N3O2/c22-10-9-21-18-8-4-7-17(16(18)13-20-21)19-12-15(23)11-14-5-2-1-3-6-14/h1-3,5-6,13,15,17,19,22-23H,4,7-12H2. The Balaban J connectivity index is 1.57. The largest absolute Gasteiger partial charge is 0.394 e. The summed E-state index contributed by atoms with van der Waals surface area (Å²) in [7, 11) is 0. The fraction of sp³-hybridized carbons (Fsp3) is 0.500. The second-order valence-corrected chi connectivity index (χ2v) is 6.19. The van der Waals surface area contributed by atoms with Crippen molar-refractivity contribution in [3.8, 4) is 0 Å². The van der Waals surface area contributed by atoms with Crippen LogP contribution >= 0.6 is 0 Å². The zero-order valence-corrected chi connectivity index (χ0v) is 13.4. The zero-order valence-electron chi connectivity index (χ0n) is 13.4. The van der Waals surface area contributed by atoms with Gasteiger partial charge < -0.3 is 15.5 Å². The third-order valence-corrected chi connectivity index (χ3v) is 4.49. The molecule has 5 heteroatoms. The SMILES string of the molecule is OCCn1ncc2c1CCCC2NCC(O)Cc1ccccc1. The Bertz CT molecular complexity index is 612. The fourth-order valence-electron chi connectivity index (χ4n) is 3.35. The quantitative estimate of drug-likeness (QED) is 0.723. The van der Waals surface area contributed by atoms with Crippen molar-refractivity contribution >= 4 is 0 Å². The Hall–Kier alpha value is -1.69. The first-order valence-electron chi connectivity index (χ1n) is 8.38. The van der Waals surface area contributed by atoms with Crippen molar-refractivity contribution in [1.82, 2.24) is 15.1 Å². The van der Waals surface area contributed by atoms with Gasteiger partial charge in [-0.05, 0) is 31.2 Å². The van der Waals surface area contributed by atoms with Crippen LogP contribution in [0.4, 0.5) is 0 Å². The number of aliphatic hydroxyl groups is 2. The Morgan fingerprint density at radius 1 is 1.30 bits per heavy atom. The number of hydrogen-bond acceptors (Lipinski definition) is 4. The highest BCUT2D eigenvalue weighted by Crippen LogP contribution is 2.29. The Kier molecular flexibility index (Phi) is 5.43. The van der Waals surface area contributed by atoms with Gasteiger partial charge in [-0.1, -0.05) is 30.3 Å². The summed E-state index contributed by atoms with van der Waals surface area (Å²) in [6.07, 6.45) is 5.37. The van der Waals surface area contributed by atoms with Crippen LogP contribution in [0.2, 0.25) is 0 Å². The van der Waals surface area contributed by atoms with Gasteiger partial charge in [0.15, 0.2) is 0 Å². The lowest BCUT2D eigenvalue weighted by atomic mass is 9.92. The van der Waals surface area contributed by atoms with Crippen molar-refractivity contribution in [2.45, 2.75) is 44.4 Å². The minimum atomic E-state index is -0.393. The molecule has 1 aromatic carbocycles. The second kappa shape index (κ2) is 7.73. The van der Waals surface area contributed by atoms with E-state index in [1.165, 1.54) is 11.3 Å². The Morgan fingerprint density at radius 3 is 2.91 bits per heavy atom. The topological polar surface area (TPSA) is 70.3 Å². The second-order valence-electron chi connectivity index (χ2n) is 6.19. The third-order valence-electron chi connectivity index (χ3n) is 4.49. The van der Waals surface area contributed by atoms with Gasteiger partial charge in [-0.3, -0.25) is 4.68 Å². The molecule has 5 nitrogen and oxygen atoms in total. The molecule has 0 spiro atoms. The van der Waals surface area contributed by atoms with E-state index in [1.54, 1.807) is 0 Å². The van der Waals surface area contributed by atoms with E-state index in [-0.39, 0.29) is 12.6 Å². The van der Waals surface area contributed by atoms with Gasteiger partial charge in [0.2, 0.25) is 0 Å². The van der Waals surface area contributed by atoms with Crippen LogP contribution in [0.3, 0.4) is 0 Å². The van der Waals surface area contributed by atoms with Crippen LogP contribution in [0.5, 0.6) is 0 Å². The van der Waals surface area contributed by atoms with Crippen molar-refractivity contribution in [3.05, 3.63) is 53.3 Å². The van der Waals surface area contributed by atoms with Crippen molar-refractivity contribution in [3.63, 3.8) is 0 Å². The van der Waals surface area contributed by atoms with Crippen molar-refractivity contribution in [1.29, 1.82) is 0 Å². The molecule has 1 aliphatic carbocycles. The summed E-state index contributed by atoms with van der Waals surface area (Å²) in [6.45, 7) is 1.24. The number of nitrogens with one attached hydrogen (secondary N) is 1. The number of rotatable bonds is 7. The first-order chi connectivity index (χ1) is 11.3. The van der Waals surface area contributed by atoms with E-state index >= 15 is 0 Å². The zero-order chi connectivity index (χ0) is 16.1. The van der Waals surface area contributed by atoms with Gasteiger partial charge >= 0.3 is 0 Å². The number of hydrogen-bond donors (Lipinski definition) is 3. The van der Waals surface area contributed by atoms with Crippen molar-refractivity contribution in [2.75, 3.05) is 13.2 Å². The summed E-state index contributed by atoms with van der Waals surface area (Å²) in [6, 6.07) is 10.3. The maximum Gasteiger partial charge on any atom is 0.0705 e. The molecule has 2 aromatic rings. The number of nitrogens with zero attached hydrogens (tertiary/aromatic N) is 2. The molecule has 2 atom stereocenters. The number of fused-ring (bicyclic) bond motifs is 1. The first-order valence-corrected chi connectivity index (χ1v) is 8.38. The molecule has 3 N–H and O–H groups in total. The summed E-state index contributed by atoms with van der Waals surface area (Å²) in [4.78, 5) is 0. The molecule has 23 heavy (non-hydrogen) atoms. The molecule has 0 aliphatic heterocycles. The van der Waals surface area contributed by atoms with Gasteiger partial charge in [-0.2, -0.15) is 5.10 Å². The fourth-order valence-corrected chi connectivity index (χ4v) is 3.35. The summed E-state index contributed by atoms with van der Waals surface area (Å²) in [5, 5.41) is 27.2. The predicted molar refractivity (Wildman–Crippen MR) is 89.1 cm³/mol. The molecule has 124 valence electrons. The van der Waals surface area contributed by atoms with Crippen molar-refractivity contribution in [2.24, 2.45) is 0 Å². The molecule has 0 bridgehead atoms. The number of aliphatic hydroxyl groups excluding tert-OH is 2. The highest BCUT2D eigenvalue weighted by Gasteiger charge is 2.24. The van der Waals surface area contributed by atoms with Gasteiger partial charge in [0, 0.05) is 23.8 Å². The maximum absolute atomic E-state index is 10.3. The summed E-state index contributed by atoms with van der Waals surface area (Å²) in [5.74, 6) is 0. The maximum atomic E-state index is 10.3. The van der Waals surface area contributed by atoms with Crippen LogP contribution in [0.15, 0.2) is 36.5 Å². The lowest BCUT2D eigenvalue weighted by molar-refractivity contribution is 0.165. The Labute approximate surface area is 137 Å². The van der Waals surface area contributed by atoms with Gasteiger partial charge in [0.05, 0.1) is 25.5 Å². The highest BCUT2D eigenvalue weighted by atomic mass is 16.3. The highest BCUT2D eigenvalue weighted by molar-refractivity contribution is 5.25. The van der Waals surface area contributed by atoms with E-state index in [2.05, 4.69) is 10.4 Å². The molecular formula is C18H25N3O2. The summed E-state index contributed by atoms with van der Waals surface area (Å²) >= 11 is 0. The molecule has 0 saturated heterocycles. The number of benzene rings is 1. The first kappa shape index (κ1) is 16.2. The van der Waals surface area contributed by atoms with E-state index in [1.807, 2.05) is 41.2 Å². The minimum absolute atomic E-state index is 0.113. The molecular weight excluding hydrogens is 290 g/mol. The lowest BCUT2D eigenvalue weighted by Gasteiger charge is -2.25. The minimum Gasteiger partial charge on any atom is -0.394 e. The van der Waals surface area contributed by atoms with Crippen LogP contribution in [0.25, 0.3) is 0 Å². The van der Waals surface area contributed by atoms with E-state index in [4.69, 9.17) is 5.11 Å². The monoisotopic (exact) mass is 315 g/mol. The molecule has 1 aromatic heterocycles. The lowest BCUT2D eigenvalue weighted by Crippen LogP contribution is -2.33. The van der Waals surface area contributed by atoms with Crippen LogP contribution < -0.4 is 5.32 Å². The van der Waals surface area contributed by atoms with Gasteiger partial charge in [-0.15, -0.1) is 0 Å². The Morgan fingerprint density at radius 2 is 2.13 bits per heavy atom. The molecule has 1 heterocycles. The van der Waals surface area contributed by atoms with Crippen LogP contribution in [0, 0.1) is 0 Å². The molecule has 1 aliphatic rings. The summed E-state index contributed by atoms with van der Waals surface area (Å²) < 4.78 is 1.91. The van der Waals surface area contributed by atoms with Crippen molar-refractivity contribution < 1.29 is 10.2 Å². The van der Waals surface area contributed by atoms with Gasteiger partial charge in [0.1, 0.15) is 0 Å². The molecule has 0 fully saturated rings. The molecule has 0 amide bonds. The smallest absolute Gasteiger partial charge is 0.0705 e. The van der Waals surface area contributed by atoms with E-state index in [0.29, 0.717) is 19.5 Å². The van der Waals surface area contributed by atoms with Crippen LogP contribution in [0.1, 0.15) is 35.7 Å². The van der Waals surface area contributed by atoms with E-state index in [0.717, 1.165) is 24.8 Å². The van der Waals surface area contributed by atoms with E-state index < -0.39 is 6.10 Å². The van der Waals surface area contributed by atoms with Crippen LogP contribution in [-0.4, -0.2) is 39.2 Å². The predicted octanol–water partition coefficient (Wildman–Crippen LogP) is 1.45. The average molecular weight is 315 g/mol. The normalized spacial score (nSPS) is 18.6. The van der Waals surface area contributed by atoms with Gasteiger partial charge in [0.25, 0.3) is 0 Å². The van der Waals surface area contributed by atoms with E-state index in [9.17, 15) is 5.11 Å².